The number of nitrogens with zero attached hydrogens (tertiary/aromatic N) is 2. The SMILES string of the molecule is C=C(OC)c1c(C(=O)OC)sc2nccc(N(C)C)c12. The van der Waals surface area contributed by atoms with E-state index in [0.29, 0.717) is 16.2 Å². The zero-order valence-electron chi connectivity index (χ0n) is 11.9. The molecule has 106 valence electrons. The second kappa shape index (κ2) is 5.50. The van der Waals surface area contributed by atoms with E-state index < -0.39 is 5.97 Å². The van der Waals surface area contributed by atoms with E-state index in [9.17, 15) is 4.79 Å². The van der Waals surface area contributed by atoms with Crippen molar-refractivity contribution in [2.75, 3.05) is 33.2 Å². The van der Waals surface area contributed by atoms with E-state index in [2.05, 4.69) is 11.6 Å². The van der Waals surface area contributed by atoms with Crippen molar-refractivity contribution in [3.63, 3.8) is 0 Å². The molecule has 0 atom stereocenters. The van der Waals surface area contributed by atoms with Crippen molar-refractivity contribution in [3.8, 4) is 0 Å². The zero-order chi connectivity index (χ0) is 14.9. The predicted molar refractivity (Wildman–Crippen MR) is 81.3 cm³/mol. The molecule has 0 N–H and O–H groups in total. The molecule has 0 radical (unpaired) electrons. The largest absolute Gasteiger partial charge is 0.497 e. The van der Waals surface area contributed by atoms with Gasteiger partial charge in [-0.1, -0.05) is 6.58 Å². The number of esters is 1. The Balaban J connectivity index is 2.85. The molecule has 0 fully saturated rings. The first kappa shape index (κ1) is 14.3. The fourth-order valence-electron chi connectivity index (χ4n) is 1.98. The van der Waals surface area contributed by atoms with Crippen molar-refractivity contribution in [2.45, 2.75) is 0 Å². The summed E-state index contributed by atoms with van der Waals surface area (Å²) in [5.41, 5.74) is 1.60. The normalized spacial score (nSPS) is 10.4. The summed E-state index contributed by atoms with van der Waals surface area (Å²) in [6.45, 7) is 3.87. The highest BCUT2D eigenvalue weighted by Gasteiger charge is 2.24. The molecule has 5 nitrogen and oxygen atoms in total. The highest BCUT2D eigenvalue weighted by atomic mass is 32.1. The average molecular weight is 292 g/mol. The number of ether oxygens (including phenoxy) is 2. The van der Waals surface area contributed by atoms with E-state index in [-0.39, 0.29) is 0 Å². The molecular formula is C14H16N2O3S. The van der Waals surface area contributed by atoms with Crippen LogP contribution < -0.4 is 4.90 Å². The van der Waals surface area contributed by atoms with Crippen LogP contribution in [0.4, 0.5) is 5.69 Å². The fraction of sp³-hybridized carbons (Fsp3) is 0.286. The second-order valence-corrected chi connectivity index (χ2v) is 5.33. The summed E-state index contributed by atoms with van der Waals surface area (Å²) in [5, 5.41) is 0.856. The van der Waals surface area contributed by atoms with Gasteiger partial charge in [-0.15, -0.1) is 11.3 Å². The van der Waals surface area contributed by atoms with Crippen LogP contribution in [0.5, 0.6) is 0 Å². The zero-order valence-corrected chi connectivity index (χ0v) is 12.7. The highest BCUT2D eigenvalue weighted by Crippen LogP contribution is 2.39. The summed E-state index contributed by atoms with van der Waals surface area (Å²) in [6, 6.07) is 1.89. The standard InChI is InChI=1S/C14H16N2O3S/c1-8(18-4)10-11-9(16(2)3)6-7-15-13(11)20-12(10)14(17)19-5/h6-7H,1H2,2-5H3. The van der Waals surface area contributed by atoms with Crippen molar-refractivity contribution in [2.24, 2.45) is 0 Å². The average Bonchev–Trinajstić information content (AvgIpc) is 2.84. The van der Waals surface area contributed by atoms with Gasteiger partial charge in [0.05, 0.1) is 19.8 Å². The molecule has 0 aliphatic rings. The van der Waals surface area contributed by atoms with Crippen molar-refractivity contribution in [3.05, 3.63) is 29.3 Å². The maximum Gasteiger partial charge on any atom is 0.348 e. The van der Waals surface area contributed by atoms with Crippen LogP contribution in [0.15, 0.2) is 18.8 Å². The third-order valence-electron chi connectivity index (χ3n) is 2.95. The molecule has 0 spiro atoms. The maximum atomic E-state index is 12.0. The van der Waals surface area contributed by atoms with Crippen molar-refractivity contribution < 1.29 is 14.3 Å². The summed E-state index contributed by atoms with van der Waals surface area (Å²) in [5.74, 6) is 0.0126. The van der Waals surface area contributed by atoms with Gasteiger partial charge in [-0.2, -0.15) is 0 Å². The number of hydrogen-bond acceptors (Lipinski definition) is 6. The van der Waals surface area contributed by atoms with Gasteiger partial charge in [0, 0.05) is 31.4 Å². The molecule has 0 bridgehead atoms. The highest BCUT2D eigenvalue weighted by molar-refractivity contribution is 7.20. The minimum absolute atomic E-state index is 0.411. The fourth-order valence-corrected chi connectivity index (χ4v) is 3.08. The maximum absolute atomic E-state index is 12.0. The van der Waals surface area contributed by atoms with Gasteiger partial charge in [0.15, 0.2) is 0 Å². The summed E-state index contributed by atoms with van der Waals surface area (Å²) in [7, 11) is 6.75. The van der Waals surface area contributed by atoms with Crippen LogP contribution in [-0.2, 0) is 9.47 Å². The summed E-state index contributed by atoms with van der Waals surface area (Å²) in [4.78, 5) is 19.5. The Morgan fingerprint density at radius 1 is 1.35 bits per heavy atom. The molecule has 0 amide bonds. The van der Waals surface area contributed by atoms with E-state index >= 15 is 0 Å². The number of aromatic nitrogens is 1. The van der Waals surface area contributed by atoms with Gasteiger partial charge >= 0.3 is 5.97 Å². The molecule has 2 aromatic heterocycles. The smallest absolute Gasteiger partial charge is 0.348 e. The van der Waals surface area contributed by atoms with Crippen LogP contribution in [-0.4, -0.2) is 39.3 Å². The van der Waals surface area contributed by atoms with Gasteiger partial charge < -0.3 is 14.4 Å². The predicted octanol–water partition coefficient (Wildman–Crippen LogP) is 2.77. The molecule has 0 aliphatic heterocycles. The molecule has 0 aliphatic carbocycles. The lowest BCUT2D eigenvalue weighted by molar-refractivity contribution is 0.0605. The number of anilines is 1. The third kappa shape index (κ3) is 2.22. The Kier molecular flexibility index (Phi) is 3.94. The number of fused-ring (bicyclic) bond motifs is 1. The molecule has 2 rings (SSSR count). The second-order valence-electron chi connectivity index (χ2n) is 4.33. The monoisotopic (exact) mass is 292 g/mol. The van der Waals surface area contributed by atoms with Gasteiger partial charge in [-0.3, -0.25) is 0 Å². The number of carbonyl (C=O) groups is 1. The van der Waals surface area contributed by atoms with Gasteiger partial charge in [0.2, 0.25) is 0 Å². The minimum Gasteiger partial charge on any atom is -0.497 e. The van der Waals surface area contributed by atoms with Crippen LogP contribution >= 0.6 is 11.3 Å². The lowest BCUT2D eigenvalue weighted by atomic mass is 10.1. The van der Waals surface area contributed by atoms with Crippen LogP contribution in [0.25, 0.3) is 16.0 Å². The van der Waals surface area contributed by atoms with Crippen LogP contribution in [0, 0.1) is 0 Å². The lowest BCUT2D eigenvalue weighted by Gasteiger charge is -2.15. The van der Waals surface area contributed by atoms with E-state index in [1.54, 1.807) is 6.20 Å². The summed E-state index contributed by atoms with van der Waals surface area (Å²) < 4.78 is 10.1. The number of methoxy groups -OCH3 is 2. The quantitative estimate of drug-likeness (QED) is 0.640. The van der Waals surface area contributed by atoms with E-state index in [1.165, 1.54) is 25.6 Å². The molecule has 2 aromatic rings. The Morgan fingerprint density at radius 2 is 2.05 bits per heavy atom. The van der Waals surface area contributed by atoms with Crippen molar-refractivity contribution >= 4 is 39.0 Å². The molecular weight excluding hydrogens is 276 g/mol. The first-order valence-corrected chi connectivity index (χ1v) is 6.73. The number of pyridine rings is 1. The van der Waals surface area contributed by atoms with Gasteiger partial charge in [0.25, 0.3) is 0 Å². The number of carbonyl (C=O) groups excluding carboxylic acids is 1. The Morgan fingerprint density at radius 3 is 2.60 bits per heavy atom. The van der Waals surface area contributed by atoms with E-state index in [1.807, 2.05) is 25.1 Å². The molecule has 0 unspecified atom stereocenters. The number of rotatable bonds is 4. The molecule has 2 heterocycles. The van der Waals surface area contributed by atoms with Gasteiger partial charge in [-0.05, 0) is 6.07 Å². The molecule has 0 aromatic carbocycles. The van der Waals surface area contributed by atoms with Crippen LogP contribution in [0.2, 0.25) is 0 Å². The molecule has 6 heteroatoms. The first-order chi connectivity index (χ1) is 9.51. The topological polar surface area (TPSA) is 51.7 Å². The van der Waals surface area contributed by atoms with Crippen LogP contribution in [0.1, 0.15) is 15.2 Å². The van der Waals surface area contributed by atoms with E-state index in [4.69, 9.17) is 9.47 Å². The third-order valence-corrected chi connectivity index (χ3v) is 4.03. The molecule has 0 saturated heterocycles. The molecule has 0 saturated carbocycles. The Hall–Kier alpha value is -2.08. The van der Waals surface area contributed by atoms with Crippen molar-refractivity contribution in [1.82, 2.24) is 4.98 Å². The number of thiophene rings is 1. The van der Waals surface area contributed by atoms with Gasteiger partial charge in [-0.25, -0.2) is 9.78 Å². The lowest BCUT2D eigenvalue weighted by Crippen LogP contribution is -2.10. The van der Waals surface area contributed by atoms with Crippen LogP contribution in [0.3, 0.4) is 0 Å². The van der Waals surface area contributed by atoms with E-state index in [0.717, 1.165) is 15.9 Å². The molecule has 20 heavy (non-hydrogen) atoms. The Bertz CT molecular complexity index is 676. The minimum atomic E-state index is -0.411. The summed E-state index contributed by atoms with van der Waals surface area (Å²) in [6.07, 6.45) is 1.72. The first-order valence-electron chi connectivity index (χ1n) is 5.91. The van der Waals surface area contributed by atoms with Gasteiger partial charge in [0.1, 0.15) is 15.5 Å². The van der Waals surface area contributed by atoms with Crippen molar-refractivity contribution in [1.29, 1.82) is 0 Å². The number of hydrogen-bond donors (Lipinski definition) is 0. The summed E-state index contributed by atoms with van der Waals surface area (Å²) >= 11 is 1.28. The Labute approximate surface area is 121 Å².